The molecule has 0 bridgehead atoms. The number of rotatable bonds is 4. The Morgan fingerprint density at radius 3 is 2.67 bits per heavy atom. The van der Waals surface area contributed by atoms with Crippen molar-refractivity contribution >= 4 is 16.9 Å². The van der Waals surface area contributed by atoms with Gasteiger partial charge >= 0.3 is 0 Å². The molecule has 30 heavy (non-hydrogen) atoms. The molecule has 0 saturated heterocycles. The second kappa shape index (κ2) is 7.10. The lowest BCUT2D eigenvalue weighted by molar-refractivity contribution is 0.571. The molecule has 0 atom stereocenters. The topological polar surface area (TPSA) is 132 Å². The first-order valence-electron chi connectivity index (χ1n) is 9.07. The number of nitrogens with zero attached hydrogens (tertiary/aromatic N) is 7. The van der Waals surface area contributed by atoms with Crippen molar-refractivity contribution in [3.8, 4) is 28.7 Å². The highest BCUT2D eigenvalue weighted by atomic mass is 16.3. The highest BCUT2D eigenvalue weighted by Crippen LogP contribution is 2.38. The van der Waals surface area contributed by atoms with Crippen molar-refractivity contribution in [3.05, 3.63) is 72.5 Å². The third kappa shape index (κ3) is 2.93. The summed E-state index contributed by atoms with van der Waals surface area (Å²) in [4.78, 5) is 14.4. The number of fused-ring (bicyclic) bond motifs is 1. The third-order valence-corrected chi connectivity index (χ3v) is 4.61. The first-order valence-corrected chi connectivity index (χ1v) is 9.07. The number of hydrogen-bond donors (Lipinski definition) is 1. The van der Waals surface area contributed by atoms with Crippen molar-refractivity contribution in [2.45, 2.75) is 6.54 Å². The van der Waals surface area contributed by atoms with Crippen molar-refractivity contribution in [1.29, 1.82) is 5.26 Å². The second-order valence-electron chi connectivity index (χ2n) is 6.49. The van der Waals surface area contributed by atoms with Crippen LogP contribution in [0.4, 0.5) is 5.82 Å². The first kappa shape index (κ1) is 17.5. The molecular weight excluding hydrogens is 380 g/mol. The highest BCUT2D eigenvalue weighted by Gasteiger charge is 2.23. The van der Waals surface area contributed by atoms with Crippen LogP contribution in [0.5, 0.6) is 0 Å². The molecule has 0 saturated carbocycles. The summed E-state index contributed by atoms with van der Waals surface area (Å²) in [6, 6.07) is 15.0. The Bertz CT molecular complexity index is 1380. The molecule has 144 valence electrons. The van der Waals surface area contributed by atoms with E-state index in [1.165, 1.54) is 11.2 Å². The van der Waals surface area contributed by atoms with Crippen LogP contribution >= 0.6 is 0 Å². The fourth-order valence-corrected chi connectivity index (χ4v) is 3.29. The van der Waals surface area contributed by atoms with Crippen LogP contribution in [0.25, 0.3) is 33.6 Å². The van der Waals surface area contributed by atoms with Gasteiger partial charge < -0.3 is 10.2 Å². The molecule has 5 aromatic rings. The molecule has 4 heterocycles. The average Bonchev–Trinajstić information content (AvgIpc) is 3.45. The van der Waals surface area contributed by atoms with Crippen LogP contribution in [0.1, 0.15) is 11.3 Å². The average molecular weight is 394 g/mol. The summed E-state index contributed by atoms with van der Waals surface area (Å²) in [6.07, 6.45) is 4.62. The molecule has 2 N–H and O–H groups in total. The van der Waals surface area contributed by atoms with E-state index in [-0.39, 0.29) is 5.82 Å². The van der Waals surface area contributed by atoms with Crippen molar-refractivity contribution in [1.82, 2.24) is 29.9 Å². The van der Waals surface area contributed by atoms with Crippen LogP contribution in [0.15, 0.2) is 65.7 Å². The second-order valence-corrected chi connectivity index (χ2v) is 6.49. The Hall–Kier alpha value is -4.58. The van der Waals surface area contributed by atoms with E-state index in [4.69, 9.17) is 10.2 Å². The van der Waals surface area contributed by atoms with Crippen molar-refractivity contribution in [2.75, 3.05) is 5.73 Å². The molecule has 0 aliphatic carbocycles. The van der Waals surface area contributed by atoms with Gasteiger partial charge in [0, 0.05) is 11.8 Å². The van der Waals surface area contributed by atoms with Gasteiger partial charge in [-0.25, -0.2) is 9.97 Å². The number of nitrogen functional groups attached to an aromatic ring is 1. The zero-order valence-corrected chi connectivity index (χ0v) is 15.6. The Morgan fingerprint density at radius 1 is 1.07 bits per heavy atom. The third-order valence-electron chi connectivity index (χ3n) is 4.61. The summed E-state index contributed by atoms with van der Waals surface area (Å²) in [5, 5.41) is 18.7. The lowest BCUT2D eigenvalue weighted by atomic mass is 9.99. The Balaban J connectivity index is 1.77. The molecule has 9 nitrogen and oxygen atoms in total. The maximum atomic E-state index is 9.57. The van der Waals surface area contributed by atoms with Gasteiger partial charge in [0.15, 0.2) is 23.5 Å². The highest BCUT2D eigenvalue weighted by molar-refractivity contribution is 6.02. The summed E-state index contributed by atoms with van der Waals surface area (Å²) in [5.74, 6) is 0.670. The Kier molecular flexibility index (Phi) is 4.15. The molecule has 0 amide bonds. The van der Waals surface area contributed by atoms with Crippen molar-refractivity contribution in [3.63, 3.8) is 0 Å². The van der Waals surface area contributed by atoms with Gasteiger partial charge in [-0.05, 0) is 18.2 Å². The molecular formula is C21H14N8O. The van der Waals surface area contributed by atoms with Crippen LogP contribution in [0, 0.1) is 11.3 Å². The molecule has 5 rings (SSSR count). The Labute approximate surface area is 170 Å². The number of nitrogens with two attached hydrogens (primary N) is 1. The number of pyridine rings is 2. The SMILES string of the molecule is N#Cc1ccccc1-c1nc(N)c2nn(Cc3ccccn3)nc2c1-c1cnco1. The molecule has 9 heteroatoms. The van der Waals surface area contributed by atoms with E-state index in [1.54, 1.807) is 24.5 Å². The summed E-state index contributed by atoms with van der Waals surface area (Å²) < 4.78 is 5.57. The minimum atomic E-state index is 0.211. The predicted molar refractivity (Wildman–Crippen MR) is 109 cm³/mol. The first-order chi connectivity index (χ1) is 14.7. The summed E-state index contributed by atoms with van der Waals surface area (Å²) in [5.41, 5.74) is 10.1. The fraction of sp³-hybridized carbons (Fsp3) is 0.0476. The van der Waals surface area contributed by atoms with E-state index < -0.39 is 0 Å². The lowest BCUT2D eigenvalue weighted by Crippen LogP contribution is -2.05. The van der Waals surface area contributed by atoms with Gasteiger partial charge in [0.1, 0.15) is 12.1 Å². The number of anilines is 1. The summed E-state index contributed by atoms with van der Waals surface area (Å²) >= 11 is 0. The number of benzene rings is 1. The van der Waals surface area contributed by atoms with E-state index in [2.05, 4.69) is 31.2 Å². The van der Waals surface area contributed by atoms with Gasteiger partial charge in [0.05, 0.1) is 34.8 Å². The van der Waals surface area contributed by atoms with Gasteiger partial charge in [-0.15, -0.1) is 5.10 Å². The standard InChI is InChI=1S/C21H14N8O/c22-9-13-5-1-2-7-15(13)18-17(16-10-24-12-30-16)19-20(21(23)26-18)28-29(27-19)11-14-6-3-4-8-25-14/h1-8,10,12H,11H2,(H2,23,26). The molecule has 0 radical (unpaired) electrons. The quantitative estimate of drug-likeness (QED) is 0.492. The molecule has 1 aromatic carbocycles. The summed E-state index contributed by atoms with van der Waals surface area (Å²) in [7, 11) is 0. The molecule has 4 aromatic heterocycles. The van der Waals surface area contributed by atoms with Crippen LogP contribution in [0.2, 0.25) is 0 Å². The molecule has 0 aliphatic heterocycles. The summed E-state index contributed by atoms with van der Waals surface area (Å²) in [6.45, 7) is 0.370. The maximum absolute atomic E-state index is 9.57. The lowest BCUT2D eigenvalue weighted by Gasteiger charge is -2.09. The predicted octanol–water partition coefficient (Wildman–Crippen LogP) is 3.05. The van der Waals surface area contributed by atoms with Gasteiger partial charge in [0.2, 0.25) is 0 Å². The zero-order valence-electron chi connectivity index (χ0n) is 15.6. The van der Waals surface area contributed by atoms with Crippen LogP contribution < -0.4 is 5.73 Å². The normalized spacial score (nSPS) is 10.9. The number of aromatic nitrogens is 6. The Morgan fingerprint density at radius 2 is 1.90 bits per heavy atom. The molecule has 0 spiro atoms. The van der Waals surface area contributed by atoms with E-state index in [9.17, 15) is 5.26 Å². The van der Waals surface area contributed by atoms with Crippen molar-refractivity contribution in [2.24, 2.45) is 0 Å². The van der Waals surface area contributed by atoms with Gasteiger partial charge in [-0.2, -0.15) is 15.2 Å². The molecule has 0 unspecified atom stereocenters. The van der Waals surface area contributed by atoms with E-state index in [1.807, 2.05) is 30.3 Å². The maximum Gasteiger partial charge on any atom is 0.181 e. The van der Waals surface area contributed by atoms with E-state index in [0.717, 1.165) is 5.69 Å². The van der Waals surface area contributed by atoms with Gasteiger partial charge in [-0.3, -0.25) is 4.98 Å². The van der Waals surface area contributed by atoms with Gasteiger partial charge in [0.25, 0.3) is 0 Å². The molecule has 0 aliphatic rings. The smallest absolute Gasteiger partial charge is 0.181 e. The van der Waals surface area contributed by atoms with E-state index >= 15 is 0 Å². The largest absolute Gasteiger partial charge is 0.443 e. The monoisotopic (exact) mass is 394 g/mol. The fourth-order valence-electron chi connectivity index (χ4n) is 3.29. The van der Waals surface area contributed by atoms with Crippen LogP contribution in [-0.4, -0.2) is 29.9 Å². The number of oxazole rings is 1. The zero-order chi connectivity index (χ0) is 20.5. The van der Waals surface area contributed by atoms with Crippen molar-refractivity contribution < 1.29 is 4.42 Å². The van der Waals surface area contributed by atoms with Crippen LogP contribution in [0.3, 0.4) is 0 Å². The van der Waals surface area contributed by atoms with Gasteiger partial charge in [-0.1, -0.05) is 24.3 Å². The van der Waals surface area contributed by atoms with Crippen LogP contribution in [-0.2, 0) is 6.54 Å². The minimum absolute atomic E-state index is 0.211. The van der Waals surface area contributed by atoms with E-state index in [0.29, 0.717) is 45.7 Å². The molecule has 0 fully saturated rings. The minimum Gasteiger partial charge on any atom is -0.443 e. The number of nitriles is 1. The number of hydrogen-bond acceptors (Lipinski definition) is 8.